The largest absolute Gasteiger partial charge is 2.00 e. The van der Waals surface area contributed by atoms with Crippen LogP contribution in [-0.2, 0) is 45.1 Å². The van der Waals surface area contributed by atoms with E-state index < -0.39 is 20.3 Å². The predicted octanol–water partition coefficient (Wildman–Crippen LogP) is 1.73. The Morgan fingerprint density at radius 1 is 0.455 bits per heavy atom. The minimum absolute atomic E-state index is 0. The van der Waals surface area contributed by atoms with E-state index in [-0.39, 0.29) is 57.0 Å². The summed E-state index contributed by atoms with van der Waals surface area (Å²) in [5.41, 5.74) is 14.0. The fraction of sp³-hybridized carbons (Fsp3) is 0. The summed E-state index contributed by atoms with van der Waals surface area (Å²) >= 11 is 0. The number of benzene rings is 2. The van der Waals surface area contributed by atoms with E-state index in [0.29, 0.717) is 0 Å². The molecule has 7 rings (SSSR count). The number of pyridine rings is 4. The Morgan fingerprint density at radius 3 is 0.818 bits per heavy atom. The average Bonchev–Trinajstić information content (AvgIpc) is 3.46. The molecule has 0 saturated heterocycles. The number of nitrogen functional groups attached to an aromatic ring is 2. The molecular formula is C26H27Cu2N13O14+2. The van der Waals surface area contributed by atoms with E-state index in [1.807, 2.05) is 24.3 Å². The molecule has 27 nitrogen and oxygen atoms in total. The van der Waals surface area contributed by atoms with Crippen LogP contribution >= 0.6 is 0 Å². The molecule has 0 amide bonds. The molecule has 0 unspecified atom stereocenters. The second kappa shape index (κ2) is 29.2. The maximum Gasteiger partial charge on any atom is 2.00 e. The molecule has 0 saturated carbocycles. The first-order chi connectivity index (χ1) is 24.1. The van der Waals surface area contributed by atoms with Gasteiger partial charge in [-0.3, -0.25) is 19.9 Å². The Labute approximate surface area is 325 Å². The molecule has 0 spiro atoms. The molecule has 29 heteroatoms. The van der Waals surface area contributed by atoms with Gasteiger partial charge in [0.1, 0.15) is 0 Å². The number of aromatic amines is 1. The van der Waals surface area contributed by atoms with Crippen molar-refractivity contribution in [2.75, 3.05) is 11.5 Å². The first kappa shape index (κ1) is 54.4. The Hall–Kier alpha value is -7.42. The van der Waals surface area contributed by atoms with Gasteiger partial charge in [-0.05, 0) is 24.3 Å². The molecule has 11 N–H and O–H groups in total. The van der Waals surface area contributed by atoms with Crippen molar-refractivity contribution in [2.45, 2.75) is 0 Å². The number of fused-ring (bicyclic) bond motifs is 6. The van der Waals surface area contributed by atoms with E-state index >= 15 is 0 Å². The molecule has 5 aromatic heterocycles. The third-order valence-electron chi connectivity index (χ3n) is 5.21. The van der Waals surface area contributed by atoms with Gasteiger partial charge in [0.15, 0.2) is 0 Å². The summed E-state index contributed by atoms with van der Waals surface area (Å²) < 4.78 is 0. The van der Waals surface area contributed by atoms with E-state index in [1.165, 1.54) is 0 Å². The summed E-state index contributed by atoms with van der Waals surface area (Å²) in [6.45, 7) is 0. The van der Waals surface area contributed by atoms with Crippen LogP contribution in [0.1, 0.15) is 0 Å². The van der Waals surface area contributed by atoms with Gasteiger partial charge in [-0.1, -0.05) is 48.5 Å². The van der Waals surface area contributed by atoms with Gasteiger partial charge in [0.25, 0.3) is 0 Å². The number of H-pyrrole nitrogens is 1. The summed E-state index contributed by atoms with van der Waals surface area (Å²) in [5, 5.41) is 69.3. The normalized spacial score (nSPS) is 8.44. The average molecular weight is 873 g/mol. The fourth-order valence-electron chi connectivity index (χ4n) is 3.65. The zero-order chi connectivity index (χ0) is 38.3. The van der Waals surface area contributed by atoms with Crippen LogP contribution in [0.2, 0.25) is 0 Å². The number of hydrogen-bond donors (Lipinski definition) is 3. The van der Waals surface area contributed by atoms with E-state index in [0.717, 1.165) is 43.6 Å². The van der Waals surface area contributed by atoms with Gasteiger partial charge in [0.2, 0.25) is 11.9 Å². The Bertz CT molecular complexity index is 1900. The minimum atomic E-state index is -1.75. The number of nitrogens with zero attached hydrogens (tertiary/aromatic N) is 10. The molecule has 0 bridgehead atoms. The second-order valence-electron chi connectivity index (χ2n) is 8.40. The minimum Gasteiger partial charge on any atom is -0.457 e. The van der Waals surface area contributed by atoms with E-state index in [1.54, 1.807) is 24.8 Å². The molecule has 0 aliphatic rings. The third-order valence-corrected chi connectivity index (χ3v) is 5.21. The van der Waals surface area contributed by atoms with Gasteiger partial charge in [-0.2, -0.15) is 4.98 Å². The molecule has 300 valence electrons. The van der Waals surface area contributed by atoms with Crippen LogP contribution in [0.3, 0.4) is 0 Å². The van der Waals surface area contributed by atoms with Gasteiger partial charge in [-0.15, -0.1) is 5.10 Å². The van der Waals surface area contributed by atoms with Crippen LogP contribution in [0.4, 0.5) is 11.9 Å². The van der Waals surface area contributed by atoms with Gasteiger partial charge in [-0.25, -0.2) is 5.10 Å². The molecule has 5 heterocycles. The van der Waals surface area contributed by atoms with Crippen LogP contribution < -0.4 is 11.5 Å². The number of hydrogen-bond acceptors (Lipinski definition) is 20. The first-order valence-electron chi connectivity index (χ1n) is 13.0. The number of nitrogens with one attached hydrogen (secondary N) is 1. The van der Waals surface area contributed by atoms with Gasteiger partial charge in [0.05, 0.1) is 42.4 Å². The van der Waals surface area contributed by atoms with Crippen molar-refractivity contribution >= 4 is 55.5 Å². The SMILES string of the molecule is Nc1n[nH]c(N)n1.O=[N+]([O-])[O-].O=[N+]([O-])[O-].O=[N+]([O-])[O-].O=[N+]([O-])[O-].[Cu+2].[Cu+2].[OH3+].[OH3+].c1cnc2c(c1)ccc1cccnc12.c1cnc2c(c1)ccc1cccnc12. The maximum atomic E-state index is 8.25. The Morgan fingerprint density at radius 2 is 0.673 bits per heavy atom. The smallest absolute Gasteiger partial charge is 0.457 e. The number of aromatic nitrogens is 7. The van der Waals surface area contributed by atoms with Crippen LogP contribution in [0.25, 0.3) is 43.6 Å². The van der Waals surface area contributed by atoms with E-state index in [9.17, 15) is 0 Å². The quantitative estimate of drug-likeness (QED) is 0.0642. The molecule has 0 aliphatic heterocycles. The third kappa shape index (κ3) is 22.9. The molecule has 55 heavy (non-hydrogen) atoms. The first-order valence-corrected chi connectivity index (χ1v) is 13.0. The van der Waals surface area contributed by atoms with Crippen LogP contribution in [0.15, 0.2) is 97.6 Å². The summed E-state index contributed by atoms with van der Waals surface area (Å²) in [6.07, 6.45) is 7.21. The summed E-state index contributed by atoms with van der Waals surface area (Å²) in [5.74, 6) is 0.426. The maximum absolute atomic E-state index is 8.25. The van der Waals surface area contributed by atoms with Gasteiger partial charge in [0, 0.05) is 46.3 Å². The molecular weight excluding hydrogens is 845 g/mol. The summed E-state index contributed by atoms with van der Waals surface area (Å²) in [6, 6.07) is 24.3. The van der Waals surface area contributed by atoms with Crippen molar-refractivity contribution in [3.8, 4) is 0 Å². The zero-order valence-corrected chi connectivity index (χ0v) is 28.9. The van der Waals surface area contributed by atoms with Crippen molar-refractivity contribution < 1.29 is 65.4 Å². The molecule has 2 radical (unpaired) electrons. The Balaban J connectivity index is -0.000000296. The summed E-state index contributed by atoms with van der Waals surface area (Å²) in [7, 11) is 0. The molecule has 7 aromatic rings. The van der Waals surface area contributed by atoms with Crippen molar-refractivity contribution in [3.63, 3.8) is 0 Å². The molecule has 0 aliphatic carbocycles. The second-order valence-corrected chi connectivity index (χ2v) is 8.40. The predicted molar refractivity (Wildman–Crippen MR) is 190 cm³/mol. The monoisotopic (exact) mass is 871 g/mol. The molecule has 0 atom stereocenters. The standard InChI is InChI=1S/2C12H8N2.C2H5N5.2Cu.4NO3.2H2O/c2*1-3-9-5-6-10-4-2-8-14-12(10)11(9)13-7-1;3-1-5-2(4)7-6-1;;;4*2-1(3)4;;/h2*1-8H;(H5,3,4,5,6,7);;;;;;;2*1H2/q;;;2*+2;4*-1;;/p+2. The van der Waals surface area contributed by atoms with Crippen molar-refractivity contribution in [3.05, 3.63) is 159 Å². The van der Waals surface area contributed by atoms with Crippen LogP contribution in [-0.4, -0.2) is 55.5 Å². The summed E-state index contributed by atoms with van der Waals surface area (Å²) in [4.78, 5) is 53.9. The van der Waals surface area contributed by atoms with Gasteiger partial charge < -0.3 is 83.7 Å². The molecule has 0 fully saturated rings. The van der Waals surface area contributed by atoms with Crippen molar-refractivity contribution in [1.82, 2.24) is 35.1 Å². The Kier molecular flexibility index (Phi) is 28.8. The fourth-order valence-corrected chi connectivity index (χ4v) is 3.65. The van der Waals surface area contributed by atoms with Crippen molar-refractivity contribution in [2.24, 2.45) is 0 Å². The van der Waals surface area contributed by atoms with Crippen molar-refractivity contribution in [1.29, 1.82) is 0 Å². The van der Waals surface area contributed by atoms with E-state index in [2.05, 4.69) is 83.6 Å². The number of rotatable bonds is 0. The van der Waals surface area contributed by atoms with Crippen LogP contribution in [0, 0.1) is 61.3 Å². The zero-order valence-electron chi connectivity index (χ0n) is 27.0. The van der Waals surface area contributed by atoms with Gasteiger partial charge >= 0.3 is 34.1 Å². The topological polar surface area (TPSA) is 476 Å². The number of anilines is 2. The van der Waals surface area contributed by atoms with E-state index in [4.69, 9.17) is 72.8 Å². The van der Waals surface area contributed by atoms with Crippen LogP contribution in [0.5, 0.6) is 0 Å². The number of nitrogens with two attached hydrogens (primary N) is 2. The molecule has 2 aromatic carbocycles.